The third-order valence-corrected chi connectivity index (χ3v) is 5.05. The average molecular weight is 350 g/mol. The molecule has 2 atom stereocenters. The van der Waals surface area contributed by atoms with Gasteiger partial charge in [0.05, 0.1) is 23.2 Å². The van der Waals surface area contributed by atoms with Crippen molar-refractivity contribution in [3.8, 4) is 0 Å². The lowest BCUT2D eigenvalue weighted by Crippen LogP contribution is -2.31. The topological polar surface area (TPSA) is 38.3 Å². The Balaban J connectivity index is 1.96. The summed E-state index contributed by atoms with van der Waals surface area (Å²) >= 11 is 12.2. The van der Waals surface area contributed by atoms with Crippen LogP contribution in [0.1, 0.15) is 41.5 Å². The Morgan fingerprint density at radius 1 is 1.09 bits per heavy atom. The third-order valence-electron chi connectivity index (χ3n) is 4.31. The summed E-state index contributed by atoms with van der Waals surface area (Å²) in [6, 6.07) is 13.9. The number of nitrogens with one attached hydrogen (secondary N) is 1. The number of hydrogen-bond acceptors (Lipinski definition) is 2. The first-order chi connectivity index (χ1) is 11.1. The molecule has 1 aliphatic rings. The first-order valence-electron chi connectivity index (χ1n) is 7.48. The fourth-order valence-electron chi connectivity index (χ4n) is 3.22. The van der Waals surface area contributed by atoms with Gasteiger partial charge in [-0.05, 0) is 41.7 Å². The molecule has 0 bridgehead atoms. The lowest BCUT2D eigenvalue weighted by Gasteiger charge is -2.32. The van der Waals surface area contributed by atoms with E-state index in [4.69, 9.17) is 27.9 Å². The van der Waals surface area contributed by atoms with Crippen molar-refractivity contribution in [2.24, 2.45) is 0 Å². The number of halogens is 2. The van der Waals surface area contributed by atoms with E-state index in [-0.39, 0.29) is 12.0 Å². The molecule has 2 aromatic rings. The smallest absolute Gasteiger partial charge is 0.407 e. The minimum atomic E-state index is -0.405. The highest BCUT2D eigenvalue weighted by Gasteiger charge is 2.29. The Labute approximate surface area is 145 Å². The van der Waals surface area contributed by atoms with Gasteiger partial charge in [0.1, 0.15) is 0 Å². The number of rotatable bonds is 2. The highest BCUT2D eigenvalue weighted by molar-refractivity contribution is 6.42. The molecule has 0 saturated carbocycles. The summed E-state index contributed by atoms with van der Waals surface area (Å²) in [6.45, 7) is 0. The number of methoxy groups -OCH3 is 1. The van der Waals surface area contributed by atoms with Crippen LogP contribution < -0.4 is 5.32 Å². The van der Waals surface area contributed by atoms with E-state index < -0.39 is 6.09 Å². The van der Waals surface area contributed by atoms with E-state index in [1.165, 1.54) is 12.7 Å². The molecule has 1 N–H and O–H groups in total. The molecule has 0 fully saturated rings. The minimum Gasteiger partial charge on any atom is -0.453 e. The first kappa shape index (κ1) is 16.2. The molecule has 0 radical (unpaired) electrons. The van der Waals surface area contributed by atoms with E-state index in [2.05, 4.69) is 17.4 Å². The van der Waals surface area contributed by atoms with Gasteiger partial charge < -0.3 is 10.1 Å². The molecule has 2 aromatic carbocycles. The van der Waals surface area contributed by atoms with Crippen molar-refractivity contribution in [2.75, 3.05) is 7.11 Å². The van der Waals surface area contributed by atoms with Crippen LogP contribution in [0.2, 0.25) is 10.0 Å². The van der Waals surface area contributed by atoms with Gasteiger partial charge in [0.15, 0.2) is 0 Å². The summed E-state index contributed by atoms with van der Waals surface area (Å²) in [7, 11) is 1.38. The number of carbonyl (C=O) groups excluding carboxylic acids is 1. The second-order valence-electron chi connectivity index (χ2n) is 5.62. The van der Waals surface area contributed by atoms with E-state index in [9.17, 15) is 4.79 Å². The van der Waals surface area contributed by atoms with Gasteiger partial charge in [-0.15, -0.1) is 0 Å². The Bertz CT molecular complexity index is 733. The Morgan fingerprint density at radius 2 is 1.83 bits per heavy atom. The number of carbonyl (C=O) groups is 1. The van der Waals surface area contributed by atoms with Crippen LogP contribution in [0.3, 0.4) is 0 Å². The van der Waals surface area contributed by atoms with E-state index in [1.807, 2.05) is 30.3 Å². The zero-order valence-corrected chi connectivity index (χ0v) is 14.2. The zero-order chi connectivity index (χ0) is 16.4. The van der Waals surface area contributed by atoms with Gasteiger partial charge in [0, 0.05) is 5.92 Å². The Morgan fingerprint density at radius 3 is 2.52 bits per heavy atom. The van der Waals surface area contributed by atoms with Gasteiger partial charge in [0.2, 0.25) is 0 Å². The first-order valence-corrected chi connectivity index (χ1v) is 8.24. The van der Waals surface area contributed by atoms with Crippen molar-refractivity contribution in [3.63, 3.8) is 0 Å². The predicted molar refractivity (Wildman–Crippen MR) is 92.3 cm³/mol. The van der Waals surface area contributed by atoms with E-state index >= 15 is 0 Å². The number of fused-ring (bicyclic) bond motifs is 1. The summed E-state index contributed by atoms with van der Waals surface area (Å²) < 4.78 is 4.73. The number of alkyl carbamates (subject to hydrolysis) is 1. The molecule has 3 nitrogen and oxygen atoms in total. The molecule has 0 aromatic heterocycles. The van der Waals surface area contributed by atoms with Crippen molar-refractivity contribution in [1.29, 1.82) is 0 Å². The number of amides is 1. The fourth-order valence-corrected chi connectivity index (χ4v) is 3.52. The van der Waals surface area contributed by atoms with E-state index in [0.29, 0.717) is 10.0 Å². The normalized spacial score (nSPS) is 19.8. The summed E-state index contributed by atoms with van der Waals surface area (Å²) in [5, 5.41) is 4.04. The maximum atomic E-state index is 11.6. The van der Waals surface area contributed by atoms with Crippen molar-refractivity contribution in [1.82, 2.24) is 5.32 Å². The standard InChI is InChI=1S/C18H17Cl2NO2/c1-23-18(22)21-17-9-7-12(13-4-2-3-5-14(13)17)11-6-8-15(19)16(20)10-11/h2-6,8,10,12,17H,7,9H2,1H3,(H,21,22)/t12-,17+/m0/s1. The molecule has 1 amide bonds. The van der Waals surface area contributed by atoms with Crippen LogP contribution in [0.25, 0.3) is 0 Å². The highest BCUT2D eigenvalue weighted by Crippen LogP contribution is 2.42. The molecule has 1 aliphatic carbocycles. The lowest BCUT2D eigenvalue weighted by molar-refractivity contribution is 0.165. The van der Waals surface area contributed by atoms with Crippen LogP contribution in [0.5, 0.6) is 0 Å². The summed E-state index contributed by atoms with van der Waals surface area (Å²) in [6.07, 6.45) is 1.36. The molecule has 0 aliphatic heterocycles. The quantitative estimate of drug-likeness (QED) is 0.796. The van der Waals surface area contributed by atoms with Crippen LogP contribution >= 0.6 is 23.2 Å². The summed E-state index contributed by atoms with van der Waals surface area (Å²) in [5.74, 6) is 0.247. The van der Waals surface area contributed by atoms with Crippen LogP contribution in [0, 0.1) is 0 Å². The van der Waals surface area contributed by atoms with Crippen molar-refractivity contribution < 1.29 is 9.53 Å². The molecule has 0 unspecified atom stereocenters. The Kier molecular flexibility index (Phi) is 4.79. The summed E-state index contributed by atoms with van der Waals surface area (Å²) in [5.41, 5.74) is 3.47. The molecular formula is C18H17Cl2NO2. The number of ether oxygens (including phenoxy) is 1. The minimum absolute atomic E-state index is 0.0299. The number of benzene rings is 2. The second-order valence-corrected chi connectivity index (χ2v) is 6.44. The van der Waals surface area contributed by atoms with Crippen LogP contribution in [0.15, 0.2) is 42.5 Å². The maximum Gasteiger partial charge on any atom is 0.407 e. The third kappa shape index (κ3) is 3.31. The van der Waals surface area contributed by atoms with Gasteiger partial charge in [-0.3, -0.25) is 0 Å². The molecule has 5 heteroatoms. The van der Waals surface area contributed by atoms with Crippen LogP contribution in [-0.2, 0) is 4.74 Å². The fraction of sp³-hybridized carbons (Fsp3) is 0.278. The molecule has 0 spiro atoms. The molecule has 0 heterocycles. The van der Waals surface area contributed by atoms with Crippen molar-refractivity contribution in [2.45, 2.75) is 24.8 Å². The largest absolute Gasteiger partial charge is 0.453 e. The van der Waals surface area contributed by atoms with Gasteiger partial charge >= 0.3 is 6.09 Å². The van der Waals surface area contributed by atoms with Gasteiger partial charge in [0.25, 0.3) is 0 Å². The van der Waals surface area contributed by atoms with Crippen molar-refractivity contribution in [3.05, 3.63) is 69.2 Å². The predicted octanol–water partition coefficient (Wildman–Crippen LogP) is 5.32. The highest BCUT2D eigenvalue weighted by atomic mass is 35.5. The summed E-state index contributed by atoms with van der Waals surface area (Å²) in [4.78, 5) is 11.6. The lowest BCUT2D eigenvalue weighted by atomic mass is 9.77. The van der Waals surface area contributed by atoms with Gasteiger partial charge in [-0.1, -0.05) is 53.5 Å². The Hall–Kier alpha value is -1.71. The van der Waals surface area contributed by atoms with Crippen LogP contribution in [0.4, 0.5) is 4.79 Å². The van der Waals surface area contributed by atoms with Gasteiger partial charge in [-0.25, -0.2) is 4.79 Å². The average Bonchev–Trinajstić information content (AvgIpc) is 2.57. The molecule has 120 valence electrons. The molecule has 3 rings (SSSR count). The van der Waals surface area contributed by atoms with Crippen LogP contribution in [-0.4, -0.2) is 13.2 Å². The number of hydrogen-bond donors (Lipinski definition) is 1. The SMILES string of the molecule is COC(=O)N[C@@H]1CC[C@@H](c2ccc(Cl)c(Cl)c2)c2ccccc21. The molecule has 0 saturated heterocycles. The van der Waals surface area contributed by atoms with E-state index in [0.717, 1.165) is 24.0 Å². The molecular weight excluding hydrogens is 333 g/mol. The van der Waals surface area contributed by atoms with Gasteiger partial charge in [-0.2, -0.15) is 0 Å². The monoisotopic (exact) mass is 349 g/mol. The zero-order valence-electron chi connectivity index (χ0n) is 12.7. The molecule has 23 heavy (non-hydrogen) atoms. The second kappa shape index (κ2) is 6.81. The maximum absolute atomic E-state index is 11.6. The van der Waals surface area contributed by atoms with Crippen molar-refractivity contribution >= 4 is 29.3 Å². The van der Waals surface area contributed by atoms with E-state index in [1.54, 1.807) is 0 Å².